The van der Waals surface area contributed by atoms with Crippen LogP contribution in [0.4, 0.5) is 5.69 Å². The number of benzene rings is 2. The van der Waals surface area contributed by atoms with E-state index in [1.165, 1.54) is 18.4 Å². The van der Waals surface area contributed by atoms with E-state index in [1.807, 2.05) is 0 Å². The fraction of sp³-hybridized carbons (Fsp3) is 0. The van der Waals surface area contributed by atoms with Crippen molar-refractivity contribution in [3.05, 3.63) is 70.5 Å². The third-order valence-corrected chi connectivity index (χ3v) is 2.92. The molecule has 0 saturated heterocycles. The van der Waals surface area contributed by atoms with Crippen molar-refractivity contribution in [3.63, 3.8) is 0 Å². The second-order valence-corrected chi connectivity index (χ2v) is 4.30. The van der Waals surface area contributed by atoms with E-state index in [-0.39, 0.29) is 11.4 Å². The normalized spacial score (nSPS) is 10.5. The number of nitro groups is 1. The van der Waals surface area contributed by atoms with Crippen LogP contribution in [0.1, 0.15) is 10.4 Å². The Bertz CT molecular complexity index is 822. The van der Waals surface area contributed by atoms with Gasteiger partial charge in [0.1, 0.15) is 0 Å². The molecule has 0 aliphatic carbocycles. The first-order valence-corrected chi connectivity index (χ1v) is 6.08. The first-order valence-electron chi connectivity index (χ1n) is 6.08. The Morgan fingerprint density at radius 1 is 1.14 bits per heavy atom. The topological polar surface area (TPSA) is 82.6 Å². The lowest BCUT2D eigenvalue weighted by Crippen LogP contribution is -2.08. The lowest BCUT2D eigenvalue weighted by Gasteiger charge is -2.05. The van der Waals surface area contributed by atoms with Gasteiger partial charge in [-0.1, -0.05) is 18.2 Å². The number of furan rings is 1. The van der Waals surface area contributed by atoms with Gasteiger partial charge in [-0.05, 0) is 18.2 Å². The Morgan fingerprint density at radius 3 is 2.62 bits per heavy atom. The smallest absolute Gasteiger partial charge is 0.343 e. The Kier molecular flexibility index (Phi) is 3.12. The minimum Gasteiger partial charge on any atom is -0.460 e. The Balaban J connectivity index is 2.01. The molecule has 0 N–H and O–H groups in total. The molecule has 21 heavy (non-hydrogen) atoms. The van der Waals surface area contributed by atoms with Crippen LogP contribution in [0.25, 0.3) is 11.0 Å². The number of rotatable bonds is 3. The lowest BCUT2D eigenvalue weighted by molar-refractivity contribution is -0.384. The number of hydrogen-bond acceptors (Lipinski definition) is 5. The van der Waals surface area contributed by atoms with Gasteiger partial charge in [-0.15, -0.1) is 0 Å². The average Bonchev–Trinajstić information content (AvgIpc) is 2.96. The van der Waals surface area contributed by atoms with Crippen molar-refractivity contribution in [2.24, 2.45) is 0 Å². The molecule has 0 atom stereocenters. The van der Waals surface area contributed by atoms with E-state index in [2.05, 4.69) is 0 Å². The SMILES string of the molecule is O=C(Oc1cc([N+](=O)[O-])cc2ccoc12)c1ccccc1. The van der Waals surface area contributed by atoms with E-state index < -0.39 is 10.9 Å². The van der Waals surface area contributed by atoms with E-state index in [9.17, 15) is 14.9 Å². The molecule has 1 heterocycles. The van der Waals surface area contributed by atoms with E-state index in [1.54, 1.807) is 36.4 Å². The number of nitro benzene ring substituents is 1. The van der Waals surface area contributed by atoms with Crippen molar-refractivity contribution in [3.8, 4) is 5.75 Å². The summed E-state index contributed by atoms with van der Waals surface area (Å²) < 4.78 is 10.4. The zero-order valence-electron chi connectivity index (χ0n) is 10.7. The van der Waals surface area contributed by atoms with Crippen molar-refractivity contribution in [2.45, 2.75) is 0 Å². The summed E-state index contributed by atoms with van der Waals surface area (Å²) in [5, 5.41) is 11.4. The molecule has 2 aromatic carbocycles. The molecule has 1 aromatic heterocycles. The summed E-state index contributed by atoms with van der Waals surface area (Å²) in [4.78, 5) is 22.4. The summed E-state index contributed by atoms with van der Waals surface area (Å²) in [7, 11) is 0. The molecule has 6 heteroatoms. The summed E-state index contributed by atoms with van der Waals surface area (Å²) >= 11 is 0. The summed E-state index contributed by atoms with van der Waals surface area (Å²) in [6, 6.07) is 12.5. The molecule has 0 saturated carbocycles. The molecule has 0 amide bonds. The monoisotopic (exact) mass is 283 g/mol. The molecule has 0 bridgehead atoms. The number of fused-ring (bicyclic) bond motifs is 1. The van der Waals surface area contributed by atoms with Gasteiger partial charge in [0.15, 0.2) is 11.3 Å². The lowest BCUT2D eigenvalue weighted by atomic mass is 10.2. The molecular formula is C15H9NO5. The number of esters is 1. The van der Waals surface area contributed by atoms with Crippen LogP contribution in [0.15, 0.2) is 59.2 Å². The Hall–Kier alpha value is -3.15. The van der Waals surface area contributed by atoms with E-state index in [0.717, 1.165) is 0 Å². The molecule has 3 rings (SSSR count). The number of hydrogen-bond donors (Lipinski definition) is 0. The second-order valence-electron chi connectivity index (χ2n) is 4.30. The van der Waals surface area contributed by atoms with Crippen LogP contribution in [-0.2, 0) is 0 Å². The molecule has 0 aliphatic rings. The molecule has 0 spiro atoms. The molecule has 0 unspecified atom stereocenters. The first-order chi connectivity index (χ1) is 10.1. The predicted octanol–water partition coefficient (Wildman–Crippen LogP) is 3.56. The highest BCUT2D eigenvalue weighted by molar-refractivity contribution is 5.94. The highest BCUT2D eigenvalue weighted by atomic mass is 16.6. The van der Waals surface area contributed by atoms with Gasteiger partial charge in [-0.2, -0.15) is 0 Å². The van der Waals surface area contributed by atoms with Crippen LogP contribution in [0.3, 0.4) is 0 Å². The van der Waals surface area contributed by atoms with Gasteiger partial charge in [0.25, 0.3) is 5.69 Å². The van der Waals surface area contributed by atoms with Gasteiger partial charge < -0.3 is 9.15 Å². The molecule has 0 radical (unpaired) electrons. The molecule has 6 nitrogen and oxygen atoms in total. The maximum atomic E-state index is 12.0. The Labute approximate surface area is 118 Å². The summed E-state index contributed by atoms with van der Waals surface area (Å²) in [6.07, 6.45) is 1.38. The van der Waals surface area contributed by atoms with Crippen molar-refractivity contribution < 1.29 is 18.9 Å². The van der Waals surface area contributed by atoms with Gasteiger partial charge in [0.2, 0.25) is 0 Å². The van der Waals surface area contributed by atoms with E-state index >= 15 is 0 Å². The number of carbonyl (C=O) groups excluding carboxylic acids is 1. The van der Waals surface area contributed by atoms with E-state index in [0.29, 0.717) is 16.5 Å². The second kappa shape index (κ2) is 5.09. The van der Waals surface area contributed by atoms with Crippen LogP contribution in [0.5, 0.6) is 5.75 Å². The number of non-ortho nitro benzene ring substituents is 1. The van der Waals surface area contributed by atoms with Crippen molar-refractivity contribution >= 4 is 22.6 Å². The summed E-state index contributed by atoms with van der Waals surface area (Å²) in [6.45, 7) is 0. The van der Waals surface area contributed by atoms with Crippen LogP contribution in [0.2, 0.25) is 0 Å². The van der Waals surface area contributed by atoms with Gasteiger partial charge in [0, 0.05) is 11.5 Å². The molecule has 104 valence electrons. The summed E-state index contributed by atoms with van der Waals surface area (Å²) in [5.74, 6) is -0.577. The van der Waals surface area contributed by atoms with Crippen LogP contribution in [-0.4, -0.2) is 10.9 Å². The van der Waals surface area contributed by atoms with Crippen molar-refractivity contribution in [2.75, 3.05) is 0 Å². The number of ether oxygens (including phenoxy) is 1. The van der Waals surface area contributed by atoms with E-state index in [4.69, 9.17) is 9.15 Å². The van der Waals surface area contributed by atoms with Crippen molar-refractivity contribution in [1.29, 1.82) is 0 Å². The summed E-state index contributed by atoms with van der Waals surface area (Å²) in [5.41, 5.74) is 0.480. The predicted molar refractivity (Wildman–Crippen MR) is 74.3 cm³/mol. The number of nitrogens with zero attached hydrogens (tertiary/aromatic N) is 1. The zero-order chi connectivity index (χ0) is 14.8. The first kappa shape index (κ1) is 12.9. The maximum absolute atomic E-state index is 12.0. The van der Waals surface area contributed by atoms with Crippen LogP contribution >= 0.6 is 0 Å². The zero-order valence-corrected chi connectivity index (χ0v) is 10.7. The van der Waals surface area contributed by atoms with Gasteiger partial charge in [-0.25, -0.2) is 4.79 Å². The molecule has 0 aliphatic heterocycles. The fourth-order valence-corrected chi connectivity index (χ4v) is 1.95. The average molecular weight is 283 g/mol. The Morgan fingerprint density at radius 2 is 1.90 bits per heavy atom. The standard InChI is InChI=1S/C15H9NO5/c17-15(10-4-2-1-3-5-10)21-13-9-12(16(18)19)8-11-6-7-20-14(11)13/h1-9H. The van der Waals surface area contributed by atoms with Crippen molar-refractivity contribution in [1.82, 2.24) is 0 Å². The third-order valence-electron chi connectivity index (χ3n) is 2.92. The third kappa shape index (κ3) is 2.46. The largest absolute Gasteiger partial charge is 0.460 e. The molecule has 0 fully saturated rings. The van der Waals surface area contributed by atoms with Crippen LogP contribution in [0, 0.1) is 10.1 Å². The molecular weight excluding hydrogens is 274 g/mol. The fourth-order valence-electron chi connectivity index (χ4n) is 1.95. The molecule has 3 aromatic rings. The highest BCUT2D eigenvalue weighted by Gasteiger charge is 2.18. The number of carbonyl (C=O) groups is 1. The van der Waals surface area contributed by atoms with Gasteiger partial charge in [0.05, 0.1) is 22.8 Å². The highest BCUT2D eigenvalue weighted by Crippen LogP contribution is 2.32. The minimum absolute atomic E-state index is 0.0260. The maximum Gasteiger partial charge on any atom is 0.343 e. The van der Waals surface area contributed by atoms with Gasteiger partial charge in [-0.3, -0.25) is 10.1 Å². The van der Waals surface area contributed by atoms with Crippen LogP contribution < -0.4 is 4.74 Å². The minimum atomic E-state index is -0.603. The van der Waals surface area contributed by atoms with Gasteiger partial charge >= 0.3 is 5.97 Å². The quantitative estimate of drug-likeness (QED) is 0.317.